The summed E-state index contributed by atoms with van der Waals surface area (Å²) in [4.78, 5) is 39.2. The van der Waals surface area contributed by atoms with Gasteiger partial charge in [0, 0.05) is 28.9 Å². The lowest BCUT2D eigenvalue weighted by molar-refractivity contribution is -0.139. The van der Waals surface area contributed by atoms with E-state index in [1.165, 1.54) is 0 Å². The molecule has 4 rings (SSSR count). The quantitative estimate of drug-likeness (QED) is 0.282. The molecule has 2 heterocycles. The molecular formula is C24H24N4O5. The average Bonchev–Trinajstić information content (AvgIpc) is 3.41. The number of H-pyrrole nitrogens is 1. The van der Waals surface area contributed by atoms with Gasteiger partial charge in [-0.05, 0) is 30.7 Å². The first kappa shape index (κ1) is 21.9. The molecule has 3 amide bonds. The number of hydrogen-bond acceptors (Lipinski definition) is 4. The molecule has 2 unspecified atom stereocenters. The molecule has 9 heteroatoms. The highest BCUT2D eigenvalue weighted by molar-refractivity contribution is 5.88. The summed E-state index contributed by atoms with van der Waals surface area (Å²) >= 11 is 0. The number of carbonyl (C=O) groups excluding carboxylic acids is 2. The van der Waals surface area contributed by atoms with Gasteiger partial charge in [-0.15, -0.1) is 0 Å². The number of benzene rings is 2. The summed E-state index contributed by atoms with van der Waals surface area (Å²) in [7, 11) is 0. The van der Waals surface area contributed by atoms with Crippen LogP contribution in [0.2, 0.25) is 0 Å². The van der Waals surface area contributed by atoms with E-state index in [1.807, 2.05) is 54.6 Å². The van der Waals surface area contributed by atoms with Gasteiger partial charge in [-0.1, -0.05) is 36.4 Å². The van der Waals surface area contributed by atoms with Gasteiger partial charge >= 0.3 is 12.0 Å². The zero-order valence-electron chi connectivity index (χ0n) is 17.9. The van der Waals surface area contributed by atoms with E-state index in [1.54, 1.807) is 13.1 Å². The second-order valence-electron chi connectivity index (χ2n) is 7.76. The van der Waals surface area contributed by atoms with Crippen molar-refractivity contribution in [3.8, 4) is 0 Å². The fraction of sp³-hybridized carbons (Fsp3) is 0.208. The van der Waals surface area contributed by atoms with E-state index in [9.17, 15) is 19.5 Å². The molecule has 0 radical (unpaired) electrons. The molecule has 2 aromatic heterocycles. The second-order valence-corrected chi connectivity index (χ2v) is 7.76. The van der Waals surface area contributed by atoms with Crippen LogP contribution in [0.15, 0.2) is 65.2 Å². The van der Waals surface area contributed by atoms with Crippen molar-refractivity contribution in [1.29, 1.82) is 0 Å². The molecule has 0 fully saturated rings. The number of fused-ring (bicyclic) bond motifs is 2. The molecule has 0 aliphatic heterocycles. The molecule has 0 spiro atoms. The third kappa shape index (κ3) is 5.15. The van der Waals surface area contributed by atoms with Crippen LogP contribution in [0, 0.1) is 0 Å². The van der Waals surface area contributed by atoms with E-state index < -0.39 is 30.0 Å². The minimum atomic E-state index is -1.17. The molecular weight excluding hydrogens is 424 g/mol. The maximum Gasteiger partial charge on any atom is 0.326 e. The predicted octanol–water partition coefficient (Wildman–Crippen LogP) is 3.09. The molecule has 0 aliphatic rings. The van der Waals surface area contributed by atoms with E-state index in [4.69, 9.17) is 4.42 Å². The Morgan fingerprint density at radius 2 is 1.82 bits per heavy atom. The van der Waals surface area contributed by atoms with Gasteiger partial charge in [0.25, 0.3) is 0 Å². The second kappa shape index (κ2) is 9.47. The zero-order valence-corrected chi connectivity index (χ0v) is 17.9. The van der Waals surface area contributed by atoms with Crippen molar-refractivity contribution in [2.24, 2.45) is 0 Å². The Morgan fingerprint density at radius 1 is 1.06 bits per heavy atom. The maximum atomic E-state index is 12.3. The van der Waals surface area contributed by atoms with Gasteiger partial charge in [0.15, 0.2) is 0 Å². The summed E-state index contributed by atoms with van der Waals surface area (Å²) in [5.41, 5.74) is 2.38. The zero-order chi connectivity index (χ0) is 23.4. The van der Waals surface area contributed by atoms with Crippen LogP contribution in [0.1, 0.15) is 24.3 Å². The number of aromatic nitrogens is 1. The molecule has 9 nitrogen and oxygen atoms in total. The van der Waals surface area contributed by atoms with E-state index in [0.717, 1.165) is 27.4 Å². The minimum absolute atomic E-state index is 0.0993. The first-order valence-electron chi connectivity index (χ1n) is 10.5. The van der Waals surface area contributed by atoms with Crippen LogP contribution in [-0.4, -0.2) is 40.6 Å². The standard InChI is InChI=1S/C24H24N4O5/c1-14(21-11-15-6-2-5-9-20(15)33-21)27-22(29)13-26-24(32)28-19(23(30)31)10-16-12-25-18-8-4-3-7-17(16)18/h2-9,11-12,14,19,25H,10,13H2,1H3,(H,27,29)(H,30,31)(H2,26,28,32). The minimum Gasteiger partial charge on any atom is -0.480 e. The van der Waals surface area contributed by atoms with Crippen molar-refractivity contribution >= 4 is 39.8 Å². The average molecular weight is 448 g/mol. The predicted molar refractivity (Wildman–Crippen MR) is 123 cm³/mol. The van der Waals surface area contributed by atoms with Crippen molar-refractivity contribution in [3.63, 3.8) is 0 Å². The lowest BCUT2D eigenvalue weighted by atomic mass is 10.1. The Bertz CT molecular complexity index is 1280. The third-order valence-electron chi connectivity index (χ3n) is 5.36. The number of rotatable bonds is 8. The number of hydrogen-bond donors (Lipinski definition) is 5. The molecule has 0 bridgehead atoms. The third-order valence-corrected chi connectivity index (χ3v) is 5.36. The van der Waals surface area contributed by atoms with Crippen molar-refractivity contribution in [2.75, 3.05) is 6.54 Å². The number of amides is 3. The van der Waals surface area contributed by atoms with Crippen molar-refractivity contribution in [3.05, 3.63) is 72.1 Å². The van der Waals surface area contributed by atoms with Crippen molar-refractivity contribution < 1.29 is 23.9 Å². The van der Waals surface area contributed by atoms with E-state index in [0.29, 0.717) is 5.76 Å². The molecule has 33 heavy (non-hydrogen) atoms. The molecule has 4 aromatic rings. The van der Waals surface area contributed by atoms with E-state index in [-0.39, 0.29) is 13.0 Å². The SMILES string of the molecule is CC(NC(=O)CNC(=O)NC(Cc1c[nH]c2ccccc12)C(=O)O)c1cc2ccccc2o1. The largest absolute Gasteiger partial charge is 0.480 e. The Balaban J connectivity index is 1.29. The fourth-order valence-electron chi connectivity index (χ4n) is 3.67. The number of urea groups is 1. The molecule has 0 saturated heterocycles. The number of furan rings is 1. The van der Waals surface area contributed by atoms with Crippen LogP contribution in [0.25, 0.3) is 21.9 Å². The van der Waals surface area contributed by atoms with Crippen LogP contribution in [0.5, 0.6) is 0 Å². The van der Waals surface area contributed by atoms with Crippen LogP contribution < -0.4 is 16.0 Å². The number of nitrogens with one attached hydrogen (secondary N) is 4. The summed E-state index contributed by atoms with van der Waals surface area (Å²) < 4.78 is 5.73. The van der Waals surface area contributed by atoms with Crippen LogP contribution in [-0.2, 0) is 16.0 Å². The number of carboxylic acids is 1. The van der Waals surface area contributed by atoms with Gasteiger partial charge in [0.2, 0.25) is 5.91 Å². The molecule has 2 atom stereocenters. The highest BCUT2D eigenvalue weighted by Gasteiger charge is 2.22. The smallest absolute Gasteiger partial charge is 0.326 e. The number of para-hydroxylation sites is 2. The van der Waals surface area contributed by atoms with Crippen LogP contribution in [0.3, 0.4) is 0 Å². The number of aliphatic carboxylic acids is 1. The van der Waals surface area contributed by atoms with Gasteiger partial charge in [-0.25, -0.2) is 9.59 Å². The summed E-state index contributed by atoms with van der Waals surface area (Å²) in [6.45, 7) is 1.47. The number of carbonyl (C=O) groups is 3. The summed E-state index contributed by atoms with van der Waals surface area (Å²) in [5.74, 6) is -1.00. The van der Waals surface area contributed by atoms with Gasteiger partial charge in [-0.2, -0.15) is 0 Å². The molecule has 0 aliphatic carbocycles. The van der Waals surface area contributed by atoms with E-state index >= 15 is 0 Å². The van der Waals surface area contributed by atoms with Crippen molar-refractivity contribution in [2.45, 2.75) is 25.4 Å². The lowest BCUT2D eigenvalue weighted by Gasteiger charge is -2.16. The first-order chi connectivity index (χ1) is 15.9. The summed E-state index contributed by atoms with van der Waals surface area (Å²) in [5, 5.41) is 18.9. The molecule has 5 N–H and O–H groups in total. The highest BCUT2D eigenvalue weighted by atomic mass is 16.4. The summed E-state index contributed by atoms with van der Waals surface area (Å²) in [6, 6.07) is 14.6. The Kier molecular flexibility index (Phi) is 6.30. The summed E-state index contributed by atoms with van der Waals surface area (Å²) in [6.07, 6.45) is 1.83. The fourth-order valence-corrected chi connectivity index (χ4v) is 3.67. The monoisotopic (exact) mass is 448 g/mol. The molecule has 2 aromatic carbocycles. The van der Waals surface area contributed by atoms with Gasteiger partial charge < -0.3 is 30.5 Å². The van der Waals surface area contributed by atoms with Gasteiger partial charge in [-0.3, -0.25) is 4.79 Å². The number of carboxylic acid groups (broad SMARTS) is 1. The maximum absolute atomic E-state index is 12.3. The van der Waals surface area contributed by atoms with Crippen LogP contribution in [0.4, 0.5) is 4.79 Å². The topological polar surface area (TPSA) is 136 Å². The highest BCUT2D eigenvalue weighted by Crippen LogP contribution is 2.23. The number of aromatic amines is 1. The van der Waals surface area contributed by atoms with Gasteiger partial charge in [0.05, 0.1) is 12.6 Å². The normalized spacial score (nSPS) is 12.9. The lowest BCUT2D eigenvalue weighted by Crippen LogP contribution is -2.49. The van der Waals surface area contributed by atoms with Gasteiger partial charge in [0.1, 0.15) is 17.4 Å². The Morgan fingerprint density at radius 3 is 2.61 bits per heavy atom. The first-order valence-corrected chi connectivity index (χ1v) is 10.5. The Hall–Kier alpha value is -4.27. The van der Waals surface area contributed by atoms with Crippen molar-refractivity contribution in [1.82, 2.24) is 20.9 Å². The molecule has 0 saturated carbocycles. The Labute approximate surface area is 189 Å². The van der Waals surface area contributed by atoms with Crippen LogP contribution >= 0.6 is 0 Å². The molecule has 170 valence electrons. The van der Waals surface area contributed by atoms with E-state index in [2.05, 4.69) is 20.9 Å².